The number of amides is 1. The largest absolute Gasteiger partial charge is 0.368 e. The standard InChI is InChI=1S/C21H29N5O/c1-15(2)14-21(27)22-19-8-9-20(24-23-19)26-12-10-25(11-13-26)18-7-5-6-16(3)17(18)4/h5-9,15H,10-14H2,1-4H3,(H,22,23,27). The minimum atomic E-state index is -0.0193. The molecule has 2 heterocycles. The van der Waals surface area contributed by atoms with Crippen molar-refractivity contribution in [2.45, 2.75) is 34.1 Å². The van der Waals surface area contributed by atoms with Gasteiger partial charge in [0.05, 0.1) is 0 Å². The van der Waals surface area contributed by atoms with Crippen LogP contribution in [0.2, 0.25) is 0 Å². The number of anilines is 3. The first-order chi connectivity index (χ1) is 12.9. The Kier molecular flexibility index (Phi) is 5.94. The highest BCUT2D eigenvalue weighted by Gasteiger charge is 2.20. The smallest absolute Gasteiger partial charge is 0.225 e. The maximum absolute atomic E-state index is 11.8. The van der Waals surface area contributed by atoms with E-state index in [2.05, 4.69) is 57.4 Å². The third-order valence-electron chi connectivity index (χ3n) is 5.03. The lowest BCUT2D eigenvalue weighted by atomic mass is 10.1. The molecule has 1 aliphatic rings. The third kappa shape index (κ3) is 4.76. The number of hydrogen-bond donors (Lipinski definition) is 1. The number of rotatable bonds is 5. The molecule has 0 spiro atoms. The number of nitrogens with one attached hydrogen (secondary N) is 1. The molecule has 0 saturated carbocycles. The van der Waals surface area contributed by atoms with Crippen molar-refractivity contribution < 1.29 is 4.79 Å². The number of benzene rings is 1. The van der Waals surface area contributed by atoms with Gasteiger partial charge in [0, 0.05) is 38.3 Å². The van der Waals surface area contributed by atoms with Crippen LogP contribution < -0.4 is 15.1 Å². The summed E-state index contributed by atoms with van der Waals surface area (Å²) in [5.41, 5.74) is 4.01. The van der Waals surface area contributed by atoms with E-state index < -0.39 is 0 Å². The minimum absolute atomic E-state index is 0.0193. The van der Waals surface area contributed by atoms with Crippen molar-refractivity contribution in [3.63, 3.8) is 0 Å². The topological polar surface area (TPSA) is 61.4 Å². The second kappa shape index (κ2) is 8.37. The summed E-state index contributed by atoms with van der Waals surface area (Å²) in [7, 11) is 0. The predicted octanol–water partition coefficient (Wildman–Crippen LogP) is 3.40. The fourth-order valence-corrected chi connectivity index (χ4v) is 3.38. The summed E-state index contributed by atoms with van der Waals surface area (Å²) < 4.78 is 0. The van der Waals surface area contributed by atoms with Crippen LogP contribution in [0.25, 0.3) is 0 Å². The second-order valence-electron chi connectivity index (χ2n) is 7.62. The Labute approximate surface area is 161 Å². The van der Waals surface area contributed by atoms with Gasteiger partial charge in [0.25, 0.3) is 0 Å². The van der Waals surface area contributed by atoms with Gasteiger partial charge in [-0.25, -0.2) is 0 Å². The Balaban J connectivity index is 1.58. The molecule has 0 unspecified atom stereocenters. The van der Waals surface area contributed by atoms with E-state index in [4.69, 9.17) is 0 Å². The number of carbonyl (C=O) groups excluding carboxylic acids is 1. The molecule has 1 aliphatic heterocycles. The van der Waals surface area contributed by atoms with Gasteiger partial charge in [-0.3, -0.25) is 4.79 Å². The number of hydrogen-bond acceptors (Lipinski definition) is 5. The van der Waals surface area contributed by atoms with E-state index >= 15 is 0 Å². The fraction of sp³-hybridized carbons (Fsp3) is 0.476. The van der Waals surface area contributed by atoms with Crippen molar-refractivity contribution in [2.75, 3.05) is 41.3 Å². The molecule has 1 aromatic carbocycles. The molecular formula is C21H29N5O. The maximum atomic E-state index is 11.8. The van der Waals surface area contributed by atoms with Gasteiger partial charge in [0.1, 0.15) is 0 Å². The summed E-state index contributed by atoms with van der Waals surface area (Å²) in [6, 6.07) is 10.3. The van der Waals surface area contributed by atoms with Gasteiger partial charge in [-0.1, -0.05) is 26.0 Å². The molecular weight excluding hydrogens is 338 g/mol. The first-order valence-electron chi connectivity index (χ1n) is 9.63. The van der Waals surface area contributed by atoms with E-state index in [0.717, 1.165) is 32.0 Å². The lowest BCUT2D eigenvalue weighted by Crippen LogP contribution is -2.47. The SMILES string of the molecule is Cc1cccc(N2CCN(c3ccc(NC(=O)CC(C)C)nn3)CC2)c1C. The minimum Gasteiger partial charge on any atom is -0.368 e. The zero-order valence-corrected chi connectivity index (χ0v) is 16.7. The monoisotopic (exact) mass is 367 g/mol. The summed E-state index contributed by atoms with van der Waals surface area (Å²) in [4.78, 5) is 16.5. The number of aromatic nitrogens is 2. The number of aryl methyl sites for hydroxylation is 1. The average molecular weight is 367 g/mol. The molecule has 0 aliphatic carbocycles. The van der Waals surface area contributed by atoms with Crippen molar-refractivity contribution in [3.8, 4) is 0 Å². The second-order valence-corrected chi connectivity index (χ2v) is 7.62. The summed E-state index contributed by atoms with van der Waals surface area (Å²) in [6.45, 7) is 12.1. The van der Waals surface area contributed by atoms with Crippen LogP contribution in [0.5, 0.6) is 0 Å². The highest BCUT2D eigenvalue weighted by atomic mass is 16.1. The van der Waals surface area contributed by atoms with E-state index in [9.17, 15) is 4.79 Å². The Morgan fingerprint density at radius 3 is 2.37 bits per heavy atom. The molecule has 0 radical (unpaired) electrons. The van der Waals surface area contributed by atoms with Gasteiger partial charge in [0.15, 0.2) is 11.6 Å². The summed E-state index contributed by atoms with van der Waals surface area (Å²) in [5.74, 6) is 1.68. The Morgan fingerprint density at radius 1 is 1.04 bits per heavy atom. The van der Waals surface area contributed by atoms with Crippen molar-refractivity contribution >= 4 is 23.2 Å². The summed E-state index contributed by atoms with van der Waals surface area (Å²) >= 11 is 0. The molecule has 0 bridgehead atoms. The highest BCUT2D eigenvalue weighted by Crippen LogP contribution is 2.25. The van der Waals surface area contributed by atoms with E-state index in [-0.39, 0.29) is 5.91 Å². The quantitative estimate of drug-likeness (QED) is 0.877. The van der Waals surface area contributed by atoms with Crippen LogP contribution in [0.1, 0.15) is 31.4 Å². The molecule has 1 fully saturated rings. The van der Waals surface area contributed by atoms with Crippen LogP contribution in [-0.2, 0) is 4.79 Å². The van der Waals surface area contributed by atoms with Crippen molar-refractivity contribution in [1.82, 2.24) is 10.2 Å². The van der Waals surface area contributed by atoms with Crippen LogP contribution in [0.15, 0.2) is 30.3 Å². The summed E-state index contributed by atoms with van der Waals surface area (Å²) in [5, 5.41) is 11.3. The van der Waals surface area contributed by atoms with Crippen LogP contribution in [0.3, 0.4) is 0 Å². The van der Waals surface area contributed by atoms with E-state index in [1.54, 1.807) is 0 Å². The summed E-state index contributed by atoms with van der Waals surface area (Å²) in [6.07, 6.45) is 0.490. The fourth-order valence-electron chi connectivity index (χ4n) is 3.38. The lowest BCUT2D eigenvalue weighted by Gasteiger charge is -2.37. The lowest BCUT2D eigenvalue weighted by molar-refractivity contribution is -0.116. The Bertz CT molecular complexity index is 780. The molecule has 1 aromatic heterocycles. The first kappa shape index (κ1) is 19.1. The molecule has 3 rings (SSSR count). The number of piperazine rings is 1. The first-order valence-corrected chi connectivity index (χ1v) is 9.63. The van der Waals surface area contributed by atoms with Crippen molar-refractivity contribution in [1.29, 1.82) is 0 Å². The van der Waals surface area contributed by atoms with Crippen LogP contribution in [0, 0.1) is 19.8 Å². The zero-order chi connectivity index (χ0) is 19.4. The van der Waals surface area contributed by atoms with E-state index in [1.807, 2.05) is 26.0 Å². The highest BCUT2D eigenvalue weighted by molar-refractivity contribution is 5.89. The normalized spacial score (nSPS) is 14.6. The Morgan fingerprint density at radius 2 is 1.74 bits per heavy atom. The molecule has 2 aromatic rings. The van der Waals surface area contributed by atoms with Crippen LogP contribution in [-0.4, -0.2) is 42.3 Å². The zero-order valence-electron chi connectivity index (χ0n) is 16.7. The van der Waals surface area contributed by atoms with Crippen molar-refractivity contribution in [2.24, 2.45) is 5.92 Å². The average Bonchev–Trinajstić information content (AvgIpc) is 2.64. The molecule has 1 saturated heterocycles. The molecule has 0 atom stereocenters. The van der Waals surface area contributed by atoms with Crippen molar-refractivity contribution in [3.05, 3.63) is 41.5 Å². The number of nitrogens with zero attached hydrogens (tertiary/aromatic N) is 4. The molecule has 27 heavy (non-hydrogen) atoms. The maximum Gasteiger partial charge on any atom is 0.225 e. The van der Waals surface area contributed by atoms with Gasteiger partial charge < -0.3 is 15.1 Å². The van der Waals surface area contributed by atoms with Crippen LogP contribution >= 0.6 is 0 Å². The van der Waals surface area contributed by atoms with Gasteiger partial charge in [0.2, 0.25) is 5.91 Å². The third-order valence-corrected chi connectivity index (χ3v) is 5.03. The van der Waals surface area contributed by atoms with Gasteiger partial charge in [-0.05, 0) is 49.1 Å². The predicted molar refractivity (Wildman–Crippen MR) is 110 cm³/mol. The van der Waals surface area contributed by atoms with E-state index in [1.165, 1.54) is 16.8 Å². The molecule has 1 amide bonds. The molecule has 144 valence electrons. The molecule has 6 nitrogen and oxygen atoms in total. The number of carbonyl (C=O) groups is 1. The Hall–Kier alpha value is -2.63. The molecule has 6 heteroatoms. The van der Waals surface area contributed by atoms with E-state index in [0.29, 0.717) is 18.2 Å². The van der Waals surface area contributed by atoms with Gasteiger partial charge in [-0.2, -0.15) is 0 Å². The molecule has 1 N–H and O–H groups in total. The van der Waals surface area contributed by atoms with Gasteiger partial charge >= 0.3 is 0 Å². The van der Waals surface area contributed by atoms with Crippen LogP contribution in [0.4, 0.5) is 17.3 Å². The van der Waals surface area contributed by atoms with Gasteiger partial charge in [-0.15, -0.1) is 10.2 Å².